The summed E-state index contributed by atoms with van der Waals surface area (Å²) in [5, 5.41) is 49.8. The van der Waals surface area contributed by atoms with Gasteiger partial charge in [-0.25, -0.2) is 0 Å². The molecule has 0 aromatic rings. The number of hydrogen-bond acceptors (Lipinski definition) is 13. The first kappa shape index (κ1) is 44.1. The maximum absolute atomic E-state index is 14.1. The lowest BCUT2D eigenvalue weighted by atomic mass is 9.74. The predicted molar refractivity (Wildman–Crippen MR) is 189 cm³/mol. The Labute approximate surface area is 305 Å². The largest absolute Gasteiger partial charge is 0.459 e. The molecule has 17 atom stereocenters. The molecule has 13 nitrogen and oxygen atoms in total. The monoisotopic (exact) mass is 731 g/mol. The minimum Gasteiger partial charge on any atom is -0.459 e. The lowest BCUT2D eigenvalue weighted by molar-refractivity contribution is -0.308. The van der Waals surface area contributed by atoms with Crippen molar-refractivity contribution in [3.05, 3.63) is 0 Å². The number of carbonyl (C=O) groups excluding carboxylic acids is 2. The van der Waals surface area contributed by atoms with Crippen LogP contribution in [0.5, 0.6) is 0 Å². The summed E-state index contributed by atoms with van der Waals surface area (Å²) in [7, 11) is 1.50. The Hall–Kier alpha value is -1.26. The van der Waals surface area contributed by atoms with Gasteiger partial charge in [0.15, 0.2) is 12.6 Å². The average molecular weight is 732 g/mol. The zero-order valence-corrected chi connectivity index (χ0v) is 33.3. The van der Waals surface area contributed by atoms with E-state index in [0.29, 0.717) is 6.42 Å². The molecule has 3 aliphatic heterocycles. The van der Waals surface area contributed by atoms with Crippen LogP contribution in [0.3, 0.4) is 0 Å². The van der Waals surface area contributed by atoms with Gasteiger partial charge in [-0.1, -0.05) is 41.5 Å². The van der Waals surface area contributed by atoms with Gasteiger partial charge in [-0.2, -0.15) is 0 Å². The van der Waals surface area contributed by atoms with E-state index in [1.54, 1.807) is 41.5 Å². The van der Waals surface area contributed by atoms with Crippen LogP contribution in [0.15, 0.2) is 0 Å². The van der Waals surface area contributed by atoms with Crippen molar-refractivity contribution in [3.63, 3.8) is 0 Å². The van der Waals surface area contributed by atoms with Gasteiger partial charge in [0, 0.05) is 49.8 Å². The molecule has 0 aliphatic carbocycles. The number of methoxy groups -OCH3 is 1. The van der Waals surface area contributed by atoms with Gasteiger partial charge in [0.1, 0.15) is 23.6 Å². The Balaban J connectivity index is 2.14. The number of rotatable bonds is 8. The van der Waals surface area contributed by atoms with E-state index in [-0.39, 0.29) is 43.2 Å². The van der Waals surface area contributed by atoms with E-state index in [2.05, 4.69) is 19.2 Å². The summed E-state index contributed by atoms with van der Waals surface area (Å²) in [5.74, 6) is -4.59. The Morgan fingerprint density at radius 2 is 1.51 bits per heavy atom. The molecule has 5 N–H and O–H groups in total. The molecule has 0 radical (unpaired) electrons. The molecule has 0 spiro atoms. The molecule has 3 saturated heterocycles. The summed E-state index contributed by atoms with van der Waals surface area (Å²) in [5.41, 5.74) is -4.66. The van der Waals surface area contributed by atoms with Gasteiger partial charge in [-0.15, -0.1) is 0 Å². The third-order valence-electron chi connectivity index (χ3n) is 11.6. The van der Waals surface area contributed by atoms with E-state index >= 15 is 0 Å². The standard InChI is InChI=1S/C38H69NO12/c1-14-27-38(12,45)32(41)22(6)30(40)20(4)17-36(10,44)34(51-28-16-26(39-19(2)3)15-21(5)47-28)23(7)31(24(8)35(43)49-27)50-29-18-37(11,46-13)33(42)25(9)48-29/h19-29,31-34,39,41-42,44-45H,14-18H2,1-13H3/t20-,21?,22+,23+,24-,25?,26?,27-,28?,29?,31+,32-,33?,34-,36+,37?,38-/m1/s1. The Morgan fingerprint density at radius 3 is 2.08 bits per heavy atom. The van der Waals surface area contributed by atoms with Crippen molar-refractivity contribution in [1.82, 2.24) is 5.32 Å². The molecule has 3 fully saturated rings. The zero-order valence-electron chi connectivity index (χ0n) is 33.3. The second-order valence-corrected chi connectivity index (χ2v) is 16.8. The normalized spacial score (nSPS) is 48.3. The number of aliphatic hydroxyl groups excluding tert-OH is 2. The van der Waals surface area contributed by atoms with Gasteiger partial charge >= 0.3 is 5.97 Å². The predicted octanol–water partition coefficient (Wildman–Crippen LogP) is 3.25. The van der Waals surface area contributed by atoms with Crippen molar-refractivity contribution in [3.8, 4) is 0 Å². The van der Waals surface area contributed by atoms with E-state index in [1.165, 1.54) is 21.0 Å². The highest BCUT2D eigenvalue weighted by Crippen LogP contribution is 2.40. The van der Waals surface area contributed by atoms with E-state index in [0.717, 1.165) is 6.42 Å². The van der Waals surface area contributed by atoms with Crippen molar-refractivity contribution in [1.29, 1.82) is 0 Å². The van der Waals surface area contributed by atoms with Gasteiger partial charge in [0.05, 0.1) is 47.6 Å². The van der Waals surface area contributed by atoms with Crippen molar-refractivity contribution in [2.24, 2.45) is 23.7 Å². The number of Topliss-reactive ketones (excluding diaryl/α,β-unsaturated/α-hetero) is 1. The molecule has 0 aromatic carbocycles. The molecule has 0 amide bonds. The fourth-order valence-electron chi connectivity index (χ4n) is 8.57. The van der Waals surface area contributed by atoms with Crippen LogP contribution >= 0.6 is 0 Å². The number of aliphatic hydroxyl groups is 4. The molecule has 0 aromatic heterocycles. The molecule has 13 heteroatoms. The summed E-state index contributed by atoms with van der Waals surface area (Å²) < 4.78 is 37.5. The SMILES string of the molecule is CC[C@H]1OC(=O)[C@H](C)[C@@H](OC2CC(C)(OC)C(O)C(C)O2)[C@H](C)[C@@H](OC2CC(NC(C)C)CC(C)O2)[C@@](C)(O)C[C@@H](C)C(=O)[C@H](C)[C@@H](O)[C@]1(C)O. The van der Waals surface area contributed by atoms with Gasteiger partial charge in [-0.05, 0) is 60.8 Å². The quantitative estimate of drug-likeness (QED) is 0.230. The van der Waals surface area contributed by atoms with Gasteiger partial charge in [-0.3, -0.25) is 9.59 Å². The average Bonchev–Trinajstić information content (AvgIpc) is 3.04. The third kappa shape index (κ3) is 10.3. The van der Waals surface area contributed by atoms with E-state index < -0.39 is 95.6 Å². The second kappa shape index (κ2) is 17.5. The van der Waals surface area contributed by atoms with Crippen molar-refractivity contribution in [2.45, 2.75) is 199 Å². The molecule has 0 bridgehead atoms. The zero-order chi connectivity index (χ0) is 38.8. The minimum absolute atomic E-state index is 0.0519. The van der Waals surface area contributed by atoms with E-state index in [9.17, 15) is 30.0 Å². The molecule has 3 rings (SSSR count). The van der Waals surface area contributed by atoms with Crippen LogP contribution in [0, 0.1) is 23.7 Å². The fraction of sp³-hybridized carbons (Fsp3) is 0.947. The number of nitrogens with one attached hydrogen (secondary N) is 1. The lowest BCUT2D eigenvalue weighted by Gasteiger charge is -2.48. The summed E-state index contributed by atoms with van der Waals surface area (Å²) in [6.07, 6.45) is -6.64. The highest BCUT2D eigenvalue weighted by molar-refractivity contribution is 5.83. The number of ketones is 1. The topological polar surface area (TPSA) is 182 Å². The first-order valence-electron chi connectivity index (χ1n) is 19.0. The van der Waals surface area contributed by atoms with Crippen LogP contribution < -0.4 is 5.32 Å². The van der Waals surface area contributed by atoms with Crippen LogP contribution in [0.2, 0.25) is 0 Å². The van der Waals surface area contributed by atoms with Crippen LogP contribution in [0.4, 0.5) is 0 Å². The molecule has 3 heterocycles. The first-order valence-corrected chi connectivity index (χ1v) is 19.0. The Kier molecular flexibility index (Phi) is 15.1. The van der Waals surface area contributed by atoms with E-state index in [4.69, 9.17) is 28.4 Å². The van der Waals surface area contributed by atoms with Gasteiger partial charge in [0.2, 0.25) is 0 Å². The minimum atomic E-state index is -1.97. The van der Waals surface area contributed by atoms with Crippen LogP contribution in [0.1, 0.15) is 115 Å². The van der Waals surface area contributed by atoms with Gasteiger partial charge in [0.25, 0.3) is 0 Å². The Morgan fingerprint density at radius 1 is 0.882 bits per heavy atom. The molecule has 3 aliphatic rings. The molecular weight excluding hydrogens is 662 g/mol. The number of hydrogen-bond donors (Lipinski definition) is 5. The Bertz CT molecular complexity index is 1150. The van der Waals surface area contributed by atoms with Crippen LogP contribution in [-0.4, -0.2) is 123 Å². The maximum atomic E-state index is 14.1. The molecule has 298 valence electrons. The highest BCUT2D eigenvalue weighted by Gasteiger charge is 2.52. The maximum Gasteiger partial charge on any atom is 0.311 e. The van der Waals surface area contributed by atoms with Crippen molar-refractivity contribution in [2.75, 3.05) is 7.11 Å². The van der Waals surface area contributed by atoms with Crippen molar-refractivity contribution >= 4 is 11.8 Å². The summed E-state index contributed by atoms with van der Waals surface area (Å²) >= 11 is 0. The summed E-state index contributed by atoms with van der Waals surface area (Å²) in [6, 6.07) is 0.323. The van der Waals surface area contributed by atoms with Crippen molar-refractivity contribution < 1.29 is 58.4 Å². The van der Waals surface area contributed by atoms with E-state index in [1.807, 2.05) is 13.8 Å². The smallest absolute Gasteiger partial charge is 0.311 e. The number of cyclic esters (lactones) is 1. The molecule has 7 unspecified atom stereocenters. The summed E-state index contributed by atoms with van der Waals surface area (Å²) in [4.78, 5) is 27.9. The summed E-state index contributed by atoms with van der Waals surface area (Å²) in [6.45, 7) is 21.0. The second-order valence-electron chi connectivity index (χ2n) is 16.8. The number of ether oxygens (including phenoxy) is 6. The molecule has 0 saturated carbocycles. The molecular formula is C38H69NO12. The number of esters is 1. The third-order valence-corrected chi connectivity index (χ3v) is 11.6. The first-order chi connectivity index (χ1) is 23.5. The lowest BCUT2D eigenvalue weighted by Crippen LogP contribution is -2.60. The fourth-order valence-corrected chi connectivity index (χ4v) is 8.57. The van der Waals surface area contributed by atoms with Crippen LogP contribution in [0.25, 0.3) is 0 Å². The van der Waals surface area contributed by atoms with Crippen LogP contribution in [-0.2, 0) is 38.0 Å². The highest BCUT2D eigenvalue weighted by atomic mass is 16.7. The number of carbonyl (C=O) groups is 2. The van der Waals surface area contributed by atoms with Gasteiger partial charge < -0.3 is 54.2 Å². The molecule has 51 heavy (non-hydrogen) atoms.